The first-order valence-corrected chi connectivity index (χ1v) is 7.40. The zero-order chi connectivity index (χ0) is 15.2. The van der Waals surface area contributed by atoms with Gasteiger partial charge in [0, 0.05) is 23.7 Å². The SMILES string of the molecule is CNCc1cc(Cl)ccc1OCc1ncnn1CC(C)C. The van der Waals surface area contributed by atoms with Gasteiger partial charge in [0.2, 0.25) is 0 Å². The first-order chi connectivity index (χ1) is 10.1. The summed E-state index contributed by atoms with van der Waals surface area (Å²) in [5.74, 6) is 2.16. The molecule has 0 aliphatic carbocycles. The normalized spacial score (nSPS) is 11.1. The molecule has 21 heavy (non-hydrogen) atoms. The molecule has 114 valence electrons. The lowest BCUT2D eigenvalue weighted by molar-refractivity contribution is 0.279. The van der Waals surface area contributed by atoms with Crippen molar-refractivity contribution in [1.29, 1.82) is 0 Å². The summed E-state index contributed by atoms with van der Waals surface area (Å²) in [4.78, 5) is 4.26. The number of rotatable bonds is 7. The molecular formula is C15H21ClN4O. The van der Waals surface area contributed by atoms with Gasteiger partial charge in [0.1, 0.15) is 18.7 Å². The van der Waals surface area contributed by atoms with Crippen molar-refractivity contribution in [2.24, 2.45) is 5.92 Å². The highest BCUT2D eigenvalue weighted by atomic mass is 35.5. The second-order valence-corrected chi connectivity index (χ2v) is 5.76. The van der Waals surface area contributed by atoms with Gasteiger partial charge >= 0.3 is 0 Å². The highest BCUT2D eigenvalue weighted by Gasteiger charge is 2.09. The lowest BCUT2D eigenvalue weighted by Gasteiger charge is -2.13. The molecule has 0 unspecified atom stereocenters. The van der Waals surface area contributed by atoms with E-state index in [2.05, 4.69) is 29.2 Å². The van der Waals surface area contributed by atoms with Crippen LogP contribution in [0.25, 0.3) is 0 Å². The van der Waals surface area contributed by atoms with Gasteiger partial charge in [-0.3, -0.25) is 0 Å². The van der Waals surface area contributed by atoms with E-state index in [1.165, 1.54) is 0 Å². The van der Waals surface area contributed by atoms with Gasteiger partial charge in [0.25, 0.3) is 0 Å². The molecule has 1 aromatic heterocycles. The van der Waals surface area contributed by atoms with Gasteiger partial charge in [0.05, 0.1) is 0 Å². The molecule has 0 aliphatic heterocycles. The molecule has 0 amide bonds. The molecule has 6 heteroatoms. The van der Waals surface area contributed by atoms with E-state index in [0.717, 1.165) is 23.7 Å². The number of benzene rings is 1. The Bertz CT molecular complexity index is 583. The van der Waals surface area contributed by atoms with E-state index in [1.54, 1.807) is 6.33 Å². The van der Waals surface area contributed by atoms with Crippen LogP contribution in [-0.4, -0.2) is 21.8 Å². The van der Waals surface area contributed by atoms with Crippen LogP contribution >= 0.6 is 11.6 Å². The number of nitrogens with one attached hydrogen (secondary N) is 1. The second kappa shape index (κ2) is 7.43. The third kappa shape index (κ3) is 4.44. The van der Waals surface area contributed by atoms with Crippen LogP contribution in [0.4, 0.5) is 0 Å². The van der Waals surface area contributed by atoms with Crippen LogP contribution in [-0.2, 0) is 19.7 Å². The molecule has 0 spiro atoms. The molecule has 0 saturated carbocycles. The molecule has 5 nitrogen and oxygen atoms in total. The number of nitrogens with zero attached hydrogens (tertiary/aromatic N) is 3. The van der Waals surface area contributed by atoms with E-state index in [4.69, 9.17) is 16.3 Å². The molecule has 0 radical (unpaired) electrons. The van der Waals surface area contributed by atoms with Crippen LogP contribution in [0.5, 0.6) is 5.75 Å². The Labute approximate surface area is 130 Å². The maximum atomic E-state index is 6.02. The minimum atomic E-state index is 0.394. The van der Waals surface area contributed by atoms with Crippen molar-refractivity contribution in [3.05, 3.63) is 40.9 Å². The molecule has 1 heterocycles. The standard InChI is InChI=1S/C15H21ClN4O/c1-11(2)8-20-15(18-10-19-20)9-21-14-5-4-13(16)6-12(14)7-17-3/h4-6,10-11,17H,7-9H2,1-3H3. The predicted molar refractivity (Wildman–Crippen MR) is 83.4 cm³/mol. The summed E-state index contributed by atoms with van der Waals surface area (Å²) in [5, 5.41) is 8.05. The fourth-order valence-corrected chi connectivity index (χ4v) is 2.25. The summed E-state index contributed by atoms with van der Waals surface area (Å²) in [6.45, 7) is 6.23. The van der Waals surface area contributed by atoms with Gasteiger partial charge in [-0.05, 0) is 31.2 Å². The van der Waals surface area contributed by atoms with Crippen molar-refractivity contribution in [3.63, 3.8) is 0 Å². The van der Waals surface area contributed by atoms with E-state index in [1.807, 2.05) is 29.9 Å². The third-order valence-electron chi connectivity index (χ3n) is 2.98. The lowest BCUT2D eigenvalue weighted by atomic mass is 10.2. The van der Waals surface area contributed by atoms with Gasteiger partial charge < -0.3 is 10.1 Å². The monoisotopic (exact) mass is 308 g/mol. The van der Waals surface area contributed by atoms with Crippen LogP contribution < -0.4 is 10.1 Å². The zero-order valence-corrected chi connectivity index (χ0v) is 13.4. The summed E-state index contributed by atoms with van der Waals surface area (Å²) in [6.07, 6.45) is 1.57. The Morgan fingerprint density at radius 3 is 2.90 bits per heavy atom. The molecule has 2 rings (SSSR count). The molecule has 0 atom stereocenters. The summed E-state index contributed by atoms with van der Waals surface area (Å²) in [7, 11) is 1.89. The van der Waals surface area contributed by atoms with Crippen LogP contribution in [0, 0.1) is 5.92 Å². The number of ether oxygens (including phenoxy) is 1. The van der Waals surface area contributed by atoms with E-state index < -0.39 is 0 Å². The van der Waals surface area contributed by atoms with Gasteiger partial charge in [-0.15, -0.1) is 0 Å². The first kappa shape index (κ1) is 15.8. The maximum Gasteiger partial charge on any atom is 0.164 e. The Kier molecular flexibility index (Phi) is 5.59. The number of aromatic nitrogens is 3. The average molecular weight is 309 g/mol. The van der Waals surface area contributed by atoms with Crippen LogP contribution in [0.3, 0.4) is 0 Å². The minimum absolute atomic E-state index is 0.394. The van der Waals surface area contributed by atoms with Gasteiger partial charge in [-0.2, -0.15) is 5.10 Å². The summed E-state index contributed by atoms with van der Waals surface area (Å²) >= 11 is 6.02. The molecule has 0 aliphatic rings. The van der Waals surface area contributed by atoms with Crippen molar-refractivity contribution in [3.8, 4) is 5.75 Å². The van der Waals surface area contributed by atoms with Crippen LogP contribution in [0.15, 0.2) is 24.5 Å². The number of hydrogen-bond donors (Lipinski definition) is 1. The molecular weight excluding hydrogens is 288 g/mol. The molecule has 1 aromatic carbocycles. The van der Waals surface area contributed by atoms with Crippen molar-refractivity contribution < 1.29 is 4.74 Å². The lowest BCUT2D eigenvalue weighted by Crippen LogP contribution is -2.13. The fraction of sp³-hybridized carbons (Fsp3) is 0.467. The summed E-state index contributed by atoms with van der Waals surface area (Å²) in [5.41, 5.74) is 1.03. The van der Waals surface area contributed by atoms with Gasteiger partial charge in [0.15, 0.2) is 5.82 Å². The predicted octanol–water partition coefficient (Wildman–Crippen LogP) is 2.89. The Hall–Kier alpha value is -1.59. The third-order valence-corrected chi connectivity index (χ3v) is 3.22. The topological polar surface area (TPSA) is 52.0 Å². The minimum Gasteiger partial charge on any atom is -0.485 e. The Morgan fingerprint density at radius 2 is 2.19 bits per heavy atom. The van der Waals surface area contributed by atoms with Crippen LogP contribution in [0.1, 0.15) is 25.2 Å². The van der Waals surface area contributed by atoms with Crippen molar-refractivity contribution >= 4 is 11.6 Å². The number of halogens is 1. The summed E-state index contributed by atoms with van der Waals surface area (Å²) in [6, 6.07) is 5.62. The first-order valence-electron chi connectivity index (χ1n) is 7.02. The van der Waals surface area contributed by atoms with Crippen molar-refractivity contribution in [2.75, 3.05) is 7.05 Å². The maximum absolute atomic E-state index is 6.02. The van der Waals surface area contributed by atoms with E-state index >= 15 is 0 Å². The second-order valence-electron chi connectivity index (χ2n) is 5.32. The van der Waals surface area contributed by atoms with Crippen molar-refractivity contribution in [1.82, 2.24) is 20.1 Å². The highest BCUT2D eigenvalue weighted by Crippen LogP contribution is 2.23. The highest BCUT2D eigenvalue weighted by molar-refractivity contribution is 6.30. The molecule has 0 bridgehead atoms. The molecule has 0 saturated heterocycles. The van der Waals surface area contributed by atoms with Gasteiger partial charge in [-0.25, -0.2) is 9.67 Å². The van der Waals surface area contributed by atoms with E-state index in [-0.39, 0.29) is 0 Å². The van der Waals surface area contributed by atoms with E-state index in [9.17, 15) is 0 Å². The fourth-order valence-electron chi connectivity index (χ4n) is 2.06. The average Bonchev–Trinajstić information content (AvgIpc) is 2.85. The molecule has 1 N–H and O–H groups in total. The Balaban J connectivity index is 2.08. The smallest absolute Gasteiger partial charge is 0.164 e. The largest absolute Gasteiger partial charge is 0.485 e. The summed E-state index contributed by atoms with van der Waals surface area (Å²) < 4.78 is 7.78. The van der Waals surface area contributed by atoms with E-state index in [0.29, 0.717) is 24.1 Å². The zero-order valence-electron chi connectivity index (χ0n) is 12.6. The number of hydrogen-bond acceptors (Lipinski definition) is 4. The van der Waals surface area contributed by atoms with Crippen LogP contribution in [0.2, 0.25) is 5.02 Å². The van der Waals surface area contributed by atoms with Crippen molar-refractivity contribution in [2.45, 2.75) is 33.5 Å². The van der Waals surface area contributed by atoms with Gasteiger partial charge in [-0.1, -0.05) is 25.4 Å². The Morgan fingerprint density at radius 1 is 1.38 bits per heavy atom. The molecule has 2 aromatic rings. The molecule has 0 fully saturated rings. The quantitative estimate of drug-likeness (QED) is 0.854.